The minimum atomic E-state index is -0.702. The van der Waals surface area contributed by atoms with E-state index in [0.29, 0.717) is 42.5 Å². The molecule has 1 saturated heterocycles. The molecule has 0 radical (unpaired) electrons. The highest BCUT2D eigenvalue weighted by atomic mass is 35.5. The first-order valence-electron chi connectivity index (χ1n) is 8.66. The molecule has 0 saturated carbocycles. The number of hydrogen-bond donors (Lipinski definition) is 1. The summed E-state index contributed by atoms with van der Waals surface area (Å²) in [4.78, 5) is 39.8. The summed E-state index contributed by atoms with van der Waals surface area (Å²) in [5.74, 6) is -1.38. The van der Waals surface area contributed by atoms with Gasteiger partial charge in [0.1, 0.15) is 0 Å². The topological polar surface area (TPSA) is 69.7 Å². The molecule has 2 aromatic carbocycles. The van der Waals surface area contributed by atoms with Crippen molar-refractivity contribution in [2.24, 2.45) is 0 Å². The standard InChI is InChI=1S/C20H20ClN3O3/c1-14(25)15-4-2-6-17(12-15)22-19(26)20(27)24-10-8-23(9-11-24)18-7-3-5-16(21)13-18/h2-7,12-13H,8-11H2,1H3,(H,22,26). The Kier molecular flexibility index (Phi) is 5.76. The van der Waals surface area contributed by atoms with Crippen molar-refractivity contribution in [2.45, 2.75) is 6.92 Å². The number of Topliss-reactive ketones (excluding diaryl/α,β-unsaturated/α-hetero) is 1. The fourth-order valence-corrected chi connectivity index (χ4v) is 3.17. The average molecular weight is 386 g/mol. The summed E-state index contributed by atoms with van der Waals surface area (Å²) in [5, 5.41) is 3.24. The van der Waals surface area contributed by atoms with E-state index in [-0.39, 0.29) is 5.78 Å². The number of carbonyl (C=O) groups excluding carboxylic acids is 3. The van der Waals surface area contributed by atoms with E-state index >= 15 is 0 Å². The monoisotopic (exact) mass is 385 g/mol. The van der Waals surface area contributed by atoms with Crippen molar-refractivity contribution in [3.05, 3.63) is 59.1 Å². The Balaban J connectivity index is 1.58. The quantitative estimate of drug-likeness (QED) is 0.651. The van der Waals surface area contributed by atoms with Gasteiger partial charge in [0.05, 0.1) is 0 Å². The van der Waals surface area contributed by atoms with Gasteiger partial charge in [0.15, 0.2) is 5.78 Å². The molecule has 1 heterocycles. The molecule has 6 nitrogen and oxygen atoms in total. The summed E-state index contributed by atoms with van der Waals surface area (Å²) in [6.07, 6.45) is 0. The van der Waals surface area contributed by atoms with Crippen molar-refractivity contribution in [2.75, 3.05) is 36.4 Å². The Labute approximate surface area is 162 Å². The second kappa shape index (κ2) is 8.22. The number of nitrogens with one attached hydrogen (secondary N) is 1. The molecule has 0 bridgehead atoms. The molecule has 2 amide bonds. The Morgan fingerprint density at radius 3 is 2.33 bits per heavy atom. The van der Waals surface area contributed by atoms with Crippen molar-refractivity contribution in [1.29, 1.82) is 0 Å². The lowest BCUT2D eigenvalue weighted by Crippen LogP contribution is -2.51. The average Bonchev–Trinajstić information content (AvgIpc) is 2.67. The first-order chi connectivity index (χ1) is 12.9. The van der Waals surface area contributed by atoms with Crippen molar-refractivity contribution >= 4 is 40.6 Å². The van der Waals surface area contributed by atoms with E-state index in [2.05, 4.69) is 10.2 Å². The third-order valence-electron chi connectivity index (χ3n) is 4.46. The Bertz CT molecular complexity index is 876. The molecule has 3 rings (SSSR count). The highest BCUT2D eigenvalue weighted by molar-refractivity contribution is 6.39. The lowest BCUT2D eigenvalue weighted by molar-refractivity contribution is -0.143. The molecule has 1 fully saturated rings. The van der Waals surface area contributed by atoms with E-state index < -0.39 is 11.8 Å². The van der Waals surface area contributed by atoms with Crippen molar-refractivity contribution < 1.29 is 14.4 Å². The molecule has 1 N–H and O–H groups in total. The molecule has 27 heavy (non-hydrogen) atoms. The highest BCUT2D eigenvalue weighted by Gasteiger charge is 2.26. The van der Waals surface area contributed by atoms with E-state index in [4.69, 9.17) is 11.6 Å². The van der Waals surface area contributed by atoms with Crippen LogP contribution < -0.4 is 10.2 Å². The maximum absolute atomic E-state index is 12.4. The zero-order valence-corrected chi connectivity index (χ0v) is 15.7. The van der Waals surface area contributed by atoms with Gasteiger partial charge in [-0.25, -0.2) is 0 Å². The molecule has 0 aromatic heterocycles. The zero-order valence-electron chi connectivity index (χ0n) is 14.9. The van der Waals surface area contributed by atoms with Gasteiger partial charge in [0, 0.05) is 48.1 Å². The summed E-state index contributed by atoms with van der Waals surface area (Å²) in [6.45, 7) is 3.60. The predicted molar refractivity (Wildman–Crippen MR) is 105 cm³/mol. The fraction of sp³-hybridized carbons (Fsp3) is 0.250. The second-order valence-electron chi connectivity index (χ2n) is 6.35. The summed E-state index contributed by atoms with van der Waals surface area (Å²) >= 11 is 6.03. The molecule has 1 aliphatic heterocycles. The molecule has 7 heteroatoms. The number of halogens is 1. The van der Waals surface area contributed by atoms with Crippen LogP contribution in [0.4, 0.5) is 11.4 Å². The summed E-state index contributed by atoms with van der Waals surface area (Å²) in [5.41, 5.74) is 1.91. The van der Waals surface area contributed by atoms with Crippen LogP contribution in [0.1, 0.15) is 17.3 Å². The molecule has 0 aliphatic carbocycles. The lowest BCUT2D eigenvalue weighted by Gasteiger charge is -2.35. The minimum absolute atomic E-state index is 0.102. The van der Waals surface area contributed by atoms with Gasteiger partial charge in [-0.1, -0.05) is 29.8 Å². The number of piperazine rings is 1. The molecule has 0 unspecified atom stereocenters. The highest BCUT2D eigenvalue weighted by Crippen LogP contribution is 2.21. The van der Waals surface area contributed by atoms with Crippen molar-refractivity contribution in [3.8, 4) is 0 Å². The third kappa shape index (κ3) is 4.65. The fourth-order valence-electron chi connectivity index (χ4n) is 2.98. The summed E-state index contributed by atoms with van der Waals surface area (Å²) < 4.78 is 0. The van der Waals surface area contributed by atoms with Gasteiger partial charge < -0.3 is 15.1 Å². The van der Waals surface area contributed by atoms with Gasteiger partial charge in [-0.05, 0) is 37.3 Å². The maximum Gasteiger partial charge on any atom is 0.313 e. The van der Waals surface area contributed by atoms with E-state index in [9.17, 15) is 14.4 Å². The summed E-state index contributed by atoms with van der Waals surface area (Å²) in [6, 6.07) is 14.1. The lowest BCUT2D eigenvalue weighted by atomic mass is 10.1. The molecular weight excluding hydrogens is 366 g/mol. The van der Waals surface area contributed by atoms with E-state index in [1.54, 1.807) is 24.3 Å². The smallest absolute Gasteiger partial charge is 0.313 e. The number of nitrogens with zero attached hydrogens (tertiary/aromatic N) is 2. The number of carbonyl (C=O) groups is 3. The SMILES string of the molecule is CC(=O)c1cccc(NC(=O)C(=O)N2CCN(c3cccc(Cl)c3)CC2)c1. The van der Waals surface area contributed by atoms with Gasteiger partial charge in [0.2, 0.25) is 0 Å². The molecule has 1 aliphatic rings. The van der Waals surface area contributed by atoms with Crippen LogP contribution in [-0.2, 0) is 9.59 Å². The number of anilines is 2. The Hall–Kier alpha value is -2.86. The van der Waals surface area contributed by atoms with Crippen molar-refractivity contribution in [1.82, 2.24) is 4.90 Å². The third-order valence-corrected chi connectivity index (χ3v) is 4.70. The van der Waals surface area contributed by atoms with Gasteiger partial charge in [-0.2, -0.15) is 0 Å². The number of benzene rings is 2. The zero-order chi connectivity index (χ0) is 19.4. The number of hydrogen-bond acceptors (Lipinski definition) is 4. The van der Waals surface area contributed by atoms with Gasteiger partial charge in [-0.3, -0.25) is 14.4 Å². The van der Waals surface area contributed by atoms with Gasteiger partial charge in [0.25, 0.3) is 0 Å². The molecule has 0 spiro atoms. The maximum atomic E-state index is 12.4. The van der Waals surface area contributed by atoms with Crippen LogP contribution in [0.25, 0.3) is 0 Å². The van der Waals surface area contributed by atoms with Gasteiger partial charge >= 0.3 is 11.8 Å². The summed E-state index contributed by atoms with van der Waals surface area (Å²) in [7, 11) is 0. The molecular formula is C20H20ClN3O3. The van der Waals surface area contributed by atoms with Crippen LogP contribution >= 0.6 is 11.6 Å². The first kappa shape index (κ1) is 18.9. The van der Waals surface area contributed by atoms with Crippen LogP contribution in [0.2, 0.25) is 5.02 Å². The van der Waals surface area contributed by atoms with Gasteiger partial charge in [-0.15, -0.1) is 0 Å². The van der Waals surface area contributed by atoms with E-state index in [1.807, 2.05) is 24.3 Å². The van der Waals surface area contributed by atoms with Crippen LogP contribution in [-0.4, -0.2) is 48.7 Å². The first-order valence-corrected chi connectivity index (χ1v) is 9.03. The Morgan fingerprint density at radius 2 is 1.67 bits per heavy atom. The number of rotatable bonds is 3. The molecule has 2 aromatic rings. The van der Waals surface area contributed by atoms with Crippen LogP contribution in [0, 0.1) is 0 Å². The molecule has 140 valence electrons. The number of amides is 2. The largest absolute Gasteiger partial charge is 0.368 e. The molecule has 0 atom stereocenters. The number of ketones is 1. The Morgan fingerprint density at radius 1 is 0.963 bits per heavy atom. The van der Waals surface area contributed by atoms with Crippen LogP contribution in [0.15, 0.2) is 48.5 Å². The normalized spacial score (nSPS) is 14.0. The minimum Gasteiger partial charge on any atom is -0.368 e. The van der Waals surface area contributed by atoms with Crippen LogP contribution in [0.5, 0.6) is 0 Å². The van der Waals surface area contributed by atoms with E-state index in [1.165, 1.54) is 11.8 Å². The second-order valence-corrected chi connectivity index (χ2v) is 6.79. The van der Waals surface area contributed by atoms with Crippen molar-refractivity contribution in [3.63, 3.8) is 0 Å². The van der Waals surface area contributed by atoms with E-state index in [0.717, 1.165) is 5.69 Å². The predicted octanol–water partition coefficient (Wildman–Crippen LogP) is 2.83. The van der Waals surface area contributed by atoms with Crippen LogP contribution in [0.3, 0.4) is 0 Å².